The predicted octanol–water partition coefficient (Wildman–Crippen LogP) is 5.89. The minimum atomic E-state index is -1.13. The Hall–Kier alpha value is -8.13. The molecule has 3 aromatic carbocycles. The van der Waals surface area contributed by atoms with Gasteiger partial charge in [0, 0.05) is 70.6 Å². The molecule has 1 fully saturated rings. The molecule has 9 amide bonds. The first kappa shape index (κ1) is 79.3. The lowest BCUT2D eigenvalue weighted by molar-refractivity contribution is -0.144. The smallest absolute Gasteiger partial charge is 0.410 e. The van der Waals surface area contributed by atoms with Crippen molar-refractivity contribution in [2.45, 2.75) is 188 Å². The van der Waals surface area contributed by atoms with Gasteiger partial charge in [0.2, 0.25) is 35.4 Å². The lowest BCUT2D eigenvalue weighted by Gasteiger charge is -2.40. The number of ether oxygens (including phenoxy) is 3. The Balaban J connectivity index is 1.38. The van der Waals surface area contributed by atoms with Crippen molar-refractivity contribution < 1.29 is 72.1 Å². The fourth-order valence-electron chi connectivity index (χ4n) is 12.1. The Morgan fingerprint density at radius 3 is 1.95 bits per heavy atom. The van der Waals surface area contributed by atoms with Gasteiger partial charge in [-0.2, -0.15) is 0 Å². The third kappa shape index (κ3) is 23.6. The Labute approximate surface area is 559 Å². The number of rotatable bonds is 39. The number of likely N-dealkylation sites (N-methyl/N-ethyl adjacent to an activating group) is 2. The Bertz CT molecular complexity index is 3040. The van der Waals surface area contributed by atoms with Gasteiger partial charge in [-0.05, 0) is 104 Å². The van der Waals surface area contributed by atoms with Crippen LogP contribution in [-0.2, 0) is 60.8 Å². The largest absolute Gasteiger partial charge is 0.445 e. The number of nitrogens with two attached hydrogens (primary N) is 1. The first-order chi connectivity index (χ1) is 45.0. The number of ketones is 1. The summed E-state index contributed by atoms with van der Waals surface area (Å²) in [6, 6.07) is 13.6. The molecule has 3 aromatic rings. The summed E-state index contributed by atoms with van der Waals surface area (Å²) < 4.78 is 17.7. The average molecular weight is 1330 g/mol. The number of primary amides is 1. The molecule has 0 spiro atoms. The molecule has 0 aliphatic carbocycles. The number of aliphatic hydroxyl groups is 1. The number of aliphatic hydroxyl groups excluding tert-OH is 1. The lowest BCUT2D eigenvalue weighted by Crippen LogP contribution is -2.60. The molecule has 9 N–H and O–H groups in total. The molecule has 0 aromatic heterocycles. The molecule has 1 saturated heterocycles. The van der Waals surface area contributed by atoms with Crippen LogP contribution in [0.25, 0.3) is 0 Å². The highest BCUT2D eigenvalue weighted by Crippen LogP contribution is 2.29. The van der Waals surface area contributed by atoms with E-state index in [9.17, 15) is 57.8 Å². The van der Waals surface area contributed by atoms with Crippen LogP contribution in [0, 0.1) is 29.6 Å². The van der Waals surface area contributed by atoms with E-state index in [0.717, 1.165) is 6.42 Å². The number of aryl methyl sites for hydroxylation is 1. The fraction of sp³-hybridized carbons (Fsp3) is 0.586. The van der Waals surface area contributed by atoms with Crippen molar-refractivity contribution in [1.29, 1.82) is 0 Å². The molecule has 0 radical (unpaired) electrons. The van der Waals surface area contributed by atoms with Crippen molar-refractivity contribution in [3.63, 3.8) is 0 Å². The molecule has 12 atom stereocenters. The molecule has 1 heterocycles. The first-order valence-corrected chi connectivity index (χ1v) is 32.9. The van der Waals surface area contributed by atoms with Gasteiger partial charge in [-0.1, -0.05) is 123 Å². The van der Waals surface area contributed by atoms with Gasteiger partial charge in [0.25, 0.3) is 0 Å². The molecule has 25 nitrogen and oxygen atoms in total. The number of carbonyl (C=O) groups excluding carboxylic acids is 11. The second-order valence-electron chi connectivity index (χ2n) is 25.9. The van der Waals surface area contributed by atoms with E-state index in [4.69, 9.17) is 19.9 Å². The zero-order valence-corrected chi connectivity index (χ0v) is 57.8. The highest BCUT2D eigenvalue weighted by Gasteiger charge is 2.42. The molecule has 1 aliphatic rings. The fourth-order valence-corrected chi connectivity index (χ4v) is 12.1. The number of aldehydes is 2. The van der Waals surface area contributed by atoms with Crippen LogP contribution in [0.3, 0.4) is 0 Å². The van der Waals surface area contributed by atoms with Gasteiger partial charge >= 0.3 is 12.1 Å². The number of amides is 9. The molecule has 0 saturated carbocycles. The maximum atomic E-state index is 14.8. The van der Waals surface area contributed by atoms with Crippen molar-refractivity contribution in [1.82, 2.24) is 41.3 Å². The predicted molar refractivity (Wildman–Crippen MR) is 359 cm³/mol. The van der Waals surface area contributed by atoms with Gasteiger partial charge in [-0.25, -0.2) is 9.59 Å². The van der Waals surface area contributed by atoms with E-state index in [0.29, 0.717) is 54.3 Å². The molecular weight excluding hydrogens is 1220 g/mol. The van der Waals surface area contributed by atoms with E-state index in [-0.39, 0.29) is 86.6 Å². The number of urea groups is 1. The summed E-state index contributed by atoms with van der Waals surface area (Å²) in [5, 5.41) is 27.6. The summed E-state index contributed by atoms with van der Waals surface area (Å²) in [6.45, 7) is 18.6. The summed E-state index contributed by atoms with van der Waals surface area (Å²) >= 11 is 0. The third-order valence-electron chi connectivity index (χ3n) is 17.8. The number of hydrogen-bond donors (Lipinski definition) is 8. The van der Waals surface area contributed by atoms with Crippen LogP contribution >= 0.6 is 0 Å². The van der Waals surface area contributed by atoms with E-state index >= 15 is 0 Å². The molecule has 95 heavy (non-hydrogen) atoms. The highest BCUT2D eigenvalue weighted by atomic mass is 16.6. The van der Waals surface area contributed by atoms with Crippen molar-refractivity contribution >= 4 is 71.6 Å². The highest BCUT2D eigenvalue weighted by molar-refractivity contribution is 5.99. The third-order valence-corrected chi connectivity index (χ3v) is 17.8. The summed E-state index contributed by atoms with van der Waals surface area (Å²) in [4.78, 5) is 150. The van der Waals surface area contributed by atoms with Crippen molar-refractivity contribution in [2.75, 3.05) is 53.3 Å². The van der Waals surface area contributed by atoms with Crippen LogP contribution in [0.5, 0.6) is 0 Å². The van der Waals surface area contributed by atoms with E-state index in [1.54, 1.807) is 117 Å². The molecule has 1 aliphatic heterocycles. The van der Waals surface area contributed by atoms with Crippen LogP contribution in [0.1, 0.15) is 158 Å². The van der Waals surface area contributed by atoms with Crippen molar-refractivity contribution in [3.8, 4) is 0 Å². The average Bonchev–Trinajstić information content (AvgIpc) is 1.73. The monoisotopic (exact) mass is 1320 g/mol. The van der Waals surface area contributed by atoms with Crippen molar-refractivity contribution in [2.24, 2.45) is 35.3 Å². The SMILES string of the molecule is CCC(C)C(C(CC(=O)CN1CCCC1C(OC)C(C)C(=O)NC(C)C(O)c1ccccc1)OC)N(C)C(=O)C(NC(=O)C(C(C)C)N(C)C(=O)OCc1ccc(NC(=O)C(CCCNC(N)=O)NC(=O)C(NC(=O)CCc2ccc(C=O)c(C=O)c2)C(C)C)cc1)C(C)C. The number of Topliss-reactive ketones (excluding diaryl/α,β-unsaturated/α-hetero) is 1. The number of carbonyl (C=O) groups is 11. The Kier molecular flexibility index (Phi) is 32.6. The molecule has 12 unspecified atom stereocenters. The second kappa shape index (κ2) is 39.0. The number of nitrogens with zero attached hydrogens (tertiary/aromatic N) is 3. The van der Waals surface area contributed by atoms with E-state index in [2.05, 4.69) is 31.9 Å². The van der Waals surface area contributed by atoms with E-state index in [1.165, 1.54) is 31.2 Å². The number of likely N-dealkylation sites (tertiary alicyclic amines) is 1. The minimum absolute atomic E-state index is 0.0268. The molecule has 4 rings (SSSR count). The van der Waals surface area contributed by atoms with Crippen LogP contribution in [0.4, 0.5) is 15.3 Å². The van der Waals surface area contributed by atoms with Crippen LogP contribution in [0.2, 0.25) is 0 Å². The summed E-state index contributed by atoms with van der Waals surface area (Å²) in [5.41, 5.74) is 7.83. The molecule has 25 heteroatoms. The van der Waals surface area contributed by atoms with Gasteiger partial charge in [0.05, 0.1) is 42.9 Å². The Morgan fingerprint density at radius 1 is 0.726 bits per heavy atom. The lowest BCUT2D eigenvalue weighted by atomic mass is 9.89. The summed E-state index contributed by atoms with van der Waals surface area (Å²) in [6.07, 6.45) is 0.683. The van der Waals surface area contributed by atoms with Gasteiger partial charge < -0.3 is 61.9 Å². The minimum Gasteiger partial charge on any atom is -0.445 e. The van der Waals surface area contributed by atoms with Crippen LogP contribution in [0.15, 0.2) is 72.8 Å². The van der Waals surface area contributed by atoms with Gasteiger partial charge in [0.15, 0.2) is 12.6 Å². The zero-order valence-electron chi connectivity index (χ0n) is 57.8. The summed E-state index contributed by atoms with van der Waals surface area (Å²) in [7, 11) is 6.14. The molecule has 0 bridgehead atoms. The van der Waals surface area contributed by atoms with Gasteiger partial charge in [0.1, 0.15) is 36.6 Å². The van der Waals surface area contributed by atoms with Crippen LogP contribution in [-0.4, -0.2) is 188 Å². The van der Waals surface area contributed by atoms with Crippen molar-refractivity contribution in [3.05, 3.63) is 101 Å². The number of nitrogens with one attached hydrogen (secondary N) is 6. The normalized spacial score (nSPS) is 16.7. The second-order valence-corrected chi connectivity index (χ2v) is 25.9. The topological polar surface area (TPSA) is 344 Å². The van der Waals surface area contributed by atoms with Gasteiger partial charge in [-0.15, -0.1) is 0 Å². The molecular formula is C70H104N10O15. The van der Waals surface area contributed by atoms with Gasteiger partial charge in [-0.3, -0.25) is 53.0 Å². The van der Waals surface area contributed by atoms with E-state index in [1.807, 2.05) is 36.9 Å². The molecule has 524 valence electrons. The number of anilines is 1. The van der Waals surface area contributed by atoms with Crippen LogP contribution < -0.4 is 37.6 Å². The maximum absolute atomic E-state index is 14.8. The first-order valence-electron chi connectivity index (χ1n) is 32.9. The van der Waals surface area contributed by atoms with E-state index < -0.39 is 120 Å². The summed E-state index contributed by atoms with van der Waals surface area (Å²) in [5.74, 6) is -5.13. The zero-order chi connectivity index (χ0) is 70.8. The Morgan fingerprint density at radius 2 is 1.37 bits per heavy atom. The number of methoxy groups -OCH3 is 2. The maximum Gasteiger partial charge on any atom is 0.410 e. The standard InChI is InChI=1S/C70H104N10O15/c1-15-44(8)61(56(93-13)36-53(83)37-80-34-20-24-55(80)63(94-14)45(9)64(86)73-46(10)62(85)49-21-17-16-18-22-49)78(11)68(90)59(42(4)5)77-67(89)60(43(6)7)79(12)70(92)95-40-48-26-30-52(31-27-48)74-65(87)54(23-19-33-72-69(71)91)75-66(88)58(41(2)3)76-57(84)32-28-47-25-29-50(38-81)51(35-47)39-82/h16-18,21-22,25-27,29-31,35,38-39,41-46,54-56,58-63,85H,15,19-20,23-24,28,32-34,36-37,40H2,1-14H3,(H,73,86)(H,74,87)(H,75,88)(H,76,84)(H,77,89)(H3,71,72,91). The number of hydrogen-bond acceptors (Lipinski definition) is 16. The quantitative estimate of drug-likeness (QED) is 0.0244. The number of benzene rings is 3.